The molecule has 1 aliphatic rings. The molecule has 1 saturated heterocycles. The first-order valence-electron chi connectivity index (χ1n) is 7.03. The number of amides is 2. The van der Waals surface area contributed by atoms with Crippen molar-refractivity contribution in [2.24, 2.45) is 11.7 Å². The van der Waals surface area contributed by atoms with Crippen LogP contribution >= 0.6 is 0 Å². The van der Waals surface area contributed by atoms with E-state index in [0.717, 1.165) is 5.56 Å². The molecule has 2 amide bonds. The fraction of sp³-hybridized carbons (Fsp3) is 0.375. The highest BCUT2D eigenvalue weighted by Gasteiger charge is 2.28. The maximum absolute atomic E-state index is 12.1. The Bertz CT molecular complexity index is 576. The smallest absolute Gasteiger partial charge is 0.246 e. The summed E-state index contributed by atoms with van der Waals surface area (Å²) in [6, 6.07) is 5.38. The molecule has 6 nitrogen and oxygen atoms in total. The topological polar surface area (TPSA) is 81.9 Å². The molecule has 118 valence electrons. The van der Waals surface area contributed by atoms with E-state index in [1.807, 2.05) is 12.1 Å². The zero-order chi connectivity index (χ0) is 16.1. The van der Waals surface area contributed by atoms with Crippen LogP contribution in [0, 0.1) is 5.92 Å². The van der Waals surface area contributed by atoms with Gasteiger partial charge in [0, 0.05) is 25.2 Å². The van der Waals surface area contributed by atoms with Crippen LogP contribution in [0.15, 0.2) is 24.3 Å². The van der Waals surface area contributed by atoms with Crippen LogP contribution in [0.4, 0.5) is 0 Å². The van der Waals surface area contributed by atoms with Gasteiger partial charge in [-0.05, 0) is 30.2 Å². The van der Waals surface area contributed by atoms with Gasteiger partial charge in [0.05, 0.1) is 20.1 Å². The van der Waals surface area contributed by atoms with E-state index in [4.69, 9.17) is 15.2 Å². The first-order valence-corrected chi connectivity index (χ1v) is 7.03. The number of hydrogen-bond donors (Lipinski definition) is 1. The van der Waals surface area contributed by atoms with Crippen molar-refractivity contribution in [3.05, 3.63) is 29.8 Å². The van der Waals surface area contributed by atoms with Crippen LogP contribution in [0.2, 0.25) is 0 Å². The molecular formula is C16H20N2O4. The van der Waals surface area contributed by atoms with Crippen molar-refractivity contribution >= 4 is 17.9 Å². The molecule has 1 fully saturated rings. The molecular weight excluding hydrogens is 284 g/mol. The van der Waals surface area contributed by atoms with Crippen molar-refractivity contribution in [3.63, 3.8) is 0 Å². The lowest BCUT2D eigenvalue weighted by Crippen LogP contribution is -2.30. The number of ether oxygens (including phenoxy) is 2. The number of nitrogens with zero attached hydrogens (tertiary/aromatic N) is 1. The highest BCUT2D eigenvalue weighted by molar-refractivity contribution is 5.92. The second kappa shape index (κ2) is 6.98. The van der Waals surface area contributed by atoms with E-state index in [1.165, 1.54) is 6.08 Å². The average molecular weight is 304 g/mol. The van der Waals surface area contributed by atoms with E-state index in [9.17, 15) is 9.59 Å². The van der Waals surface area contributed by atoms with Gasteiger partial charge >= 0.3 is 0 Å². The molecule has 2 N–H and O–H groups in total. The highest BCUT2D eigenvalue weighted by atomic mass is 16.5. The van der Waals surface area contributed by atoms with Gasteiger partial charge in [-0.15, -0.1) is 0 Å². The fourth-order valence-electron chi connectivity index (χ4n) is 2.39. The van der Waals surface area contributed by atoms with E-state index in [1.54, 1.807) is 31.3 Å². The first kappa shape index (κ1) is 15.9. The number of hydrogen-bond acceptors (Lipinski definition) is 4. The molecule has 0 aliphatic carbocycles. The molecule has 6 heteroatoms. The minimum Gasteiger partial charge on any atom is -0.497 e. The van der Waals surface area contributed by atoms with Crippen LogP contribution in [-0.4, -0.2) is 44.0 Å². The molecule has 1 unspecified atom stereocenters. The Morgan fingerprint density at radius 3 is 2.36 bits per heavy atom. The monoisotopic (exact) mass is 304 g/mol. The van der Waals surface area contributed by atoms with E-state index in [0.29, 0.717) is 31.0 Å². The summed E-state index contributed by atoms with van der Waals surface area (Å²) in [6.07, 6.45) is 3.81. The molecule has 0 bridgehead atoms. The van der Waals surface area contributed by atoms with Crippen molar-refractivity contribution in [2.45, 2.75) is 6.42 Å². The minimum atomic E-state index is -0.350. The molecule has 1 aromatic rings. The van der Waals surface area contributed by atoms with Gasteiger partial charge in [0.1, 0.15) is 11.5 Å². The van der Waals surface area contributed by atoms with Crippen LogP contribution < -0.4 is 15.2 Å². The Hall–Kier alpha value is -2.50. The fourth-order valence-corrected chi connectivity index (χ4v) is 2.39. The molecule has 0 radical (unpaired) electrons. The van der Waals surface area contributed by atoms with Gasteiger partial charge in [-0.2, -0.15) is 0 Å². The normalized spacial score (nSPS) is 17.7. The van der Waals surface area contributed by atoms with Gasteiger partial charge in [0.15, 0.2) is 0 Å². The predicted octanol–water partition coefficient (Wildman–Crippen LogP) is 1.05. The standard InChI is InChI=1S/C16H20N2O4/c1-21-13-7-11(8-14(9-13)22-2)3-4-15(19)18-6-5-12(10-18)16(17)20/h3-4,7-9,12H,5-6,10H2,1-2H3,(H2,17,20)/b4-3+. The van der Waals surface area contributed by atoms with Crippen LogP contribution in [-0.2, 0) is 9.59 Å². The zero-order valence-electron chi connectivity index (χ0n) is 12.7. The summed E-state index contributed by atoms with van der Waals surface area (Å²) in [7, 11) is 3.14. The van der Waals surface area contributed by atoms with Crippen LogP contribution in [0.5, 0.6) is 11.5 Å². The number of carbonyl (C=O) groups excluding carboxylic acids is 2. The summed E-state index contributed by atoms with van der Waals surface area (Å²) in [6.45, 7) is 0.943. The van der Waals surface area contributed by atoms with Crippen molar-refractivity contribution in [1.82, 2.24) is 4.90 Å². The largest absolute Gasteiger partial charge is 0.497 e. The third kappa shape index (κ3) is 3.78. The molecule has 0 saturated carbocycles. The number of methoxy groups -OCH3 is 2. The molecule has 1 atom stereocenters. The Balaban J connectivity index is 2.05. The third-order valence-electron chi connectivity index (χ3n) is 3.69. The van der Waals surface area contributed by atoms with Gasteiger partial charge in [-0.25, -0.2) is 0 Å². The van der Waals surface area contributed by atoms with Crippen molar-refractivity contribution in [2.75, 3.05) is 27.3 Å². The molecule has 1 aliphatic heterocycles. The quantitative estimate of drug-likeness (QED) is 0.824. The van der Waals surface area contributed by atoms with E-state index in [2.05, 4.69) is 0 Å². The van der Waals surface area contributed by atoms with Crippen LogP contribution in [0.25, 0.3) is 6.08 Å². The number of likely N-dealkylation sites (tertiary alicyclic amines) is 1. The van der Waals surface area contributed by atoms with Crippen molar-refractivity contribution in [3.8, 4) is 11.5 Å². The Morgan fingerprint density at radius 1 is 1.23 bits per heavy atom. The Labute approximate surface area is 129 Å². The molecule has 2 rings (SSSR count). The van der Waals surface area contributed by atoms with E-state index >= 15 is 0 Å². The summed E-state index contributed by atoms with van der Waals surface area (Å²) in [4.78, 5) is 24.9. The number of nitrogens with two attached hydrogens (primary N) is 1. The summed E-state index contributed by atoms with van der Waals surface area (Å²) in [5.74, 6) is 0.583. The van der Waals surface area contributed by atoms with Gasteiger partial charge in [0.25, 0.3) is 0 Å². The van der Waals surface area contributed by atoms with Crippen molar-refractivity contribution < 1.29 is 19.1 Å². The summed E-state index contributed by atoms with van der Waals surface area (Å²) in [5.41, 5.74) is 6.07. The maximum Gasteiger partial charge on any atom is 0.246 e. The summed E-state index contributed by atoms with van der Waals surface area (Å²) >= 11 is 0. The lowest BCUT2D eigenvalue weighted by Gasteiger charge is -2.13. The Morgan fingerprint density at radius 2 is 1.86 bits per heavy atom. The molecule has 0 spiro atoms. The summed E-state index contributed by atoms with van der Waals surface area (Å²) < 4.78 is 10.4. The number of primary amides is 1. The molecule has 22 heavy (non-hydrogen) atoms. The van der Waals surface area contributed by atoms with Crippen molar-refractivity contribution in [1.29, 1.82) is 0 Å². The van der Waals surface area contributed by atoms with Gasteiger partial charge in [0.2, 0.25) is 11.8 Å². The Kier molecular flexibility index (Phi) is 5.04. The molecule has 1 heterocycles. The summed E-state index contributed by atoms with van der Waals surface area (Å²) in [5, 5.41) is 0. The van der Waals surface area contributed by atoms with Crippen LogP contribution in [0.3, 0.4) is 0 Å². The number of rotatable bonds is 5. The van der Waals surface area contributed by atoms with Gasteiger partial charge < -0.3 is 20.1 Å². The lowest BCUT2D eigenvalue weighted by molar-refractivity contribution is -0.125. The van der Waals surface area contributed by atoms with Gasteiger partial charge in [-0.1, -0.05) is 0 Å². The number of benzene rings is 1. The third-order valence-corrected chi connectivity index (χ3v) is 3.69. The van der Waals surface area contributed by atoms with Gasteiger partial charge in [-0.3, -0.25) is 9.59 Å². The molecule has 1 aromatic carbocycles. The highest BCUT2D eigenvalue weighted by Crippen LogP contribution is 2.23. The predicted molar refractivity (Wildman–Crippen MR) is 82.5 cm³/mol. The number of carbonyl (C=O) groups is 2. The zero-order valence-corrected chi connectivity index (χ0v) is 12.7. The first-order chi connectivity index (χ1) is 10.5. The minimum absolute atomic E-state index is 0.134. The average Bonchev–Trinajstić information content (AvgIpc) is 3.02. The van der Waals surface area contributed by atoms with E-state index in [-0.39, 0.29) is 17.7 Å². The maximum atomic E-state index is 12.1. The SMILES string of the molecule is COc1cc(/C=C/C(=O)N2CCC(C(N)=O)C2)cc(OC)c1. The second-order valence-corrected chi connectivity index (χ2v) is 5.15. The van der Waals surface area contributed by atoms with E-state index < -0.39 is 0 Å². The van der Waals surface area contributed by atoms with Crippen LogP contribution in [0.1, 0.15) is 12.0 Å². The lowest BCUT2D eigenvalue weighted by atomic mass is 10.1. The molecule has 0 aromatic heterocycles. The second-order valence-electron chi connectivity index (χ2n) is 5.15.